The molecule has 1 aliphatic rings. The molecule has 3 rings (SSSR count). The number of nitrogens with zero attached hydrogens (tertiary/aromatic N) is 3. The molecule has 7 heteroatoms. The van der Waals surface area contributed by atoms with E-state index < -0.39 is 0 Å². The molecule has 0 unspecified atom stereocenters. The minimum absolute atomic E-state index is 0.0832. The first kappa shape index (κ1) is 18.8. The number of hydrogen-bond donors (Lipinski definition) is 3. The molecule has 1 aromatic carbocycles. The summed E-state index contributed by atoms with van der Waals surface area (Å²) >= 11 is 1.57. The molecule has 2 aromatic rings. The zero-order valence-corrected chi connectivity index (χ0v) is 16.6. The predicted molar refractivity (Wildman–Crippen MR) is 110 cm³/mol. The third-order valence-electron chi connectivity index (χ3n) is 4.94. The Hall–Kier alpha value is -1.99. The highest BCUT2D eigenvalue weighted by molar-refractivity contribution is 7.99. The van der Waals surface area contributed by atoms with Crippen molar-refractivity contribution in [2.45, 2.75) is 48.6 Å². The Morgan fingerprint density at radius 1 is 1.31 bits per heavy atom. The maximum atomic E-state index is 6.23. The van der Waals surface area contributed by atoms with Crippen LogP contribution in [0.1, 0.15) is 32.3 Å². The van der Waals surface area contributed by atoms with E-state index in [0.717, 1.165) is 53.8 Å². The van der Waals surface area contributed by atoms with Gasteiger partial charge in [0, 0.05) is 36.3 Å². The van der Waals surface area contributed by atoms with Crippen LogP contribution in [0.15, 0.2) is 34.3 Å². The van der Waals surface area contributed by atoms with E-state index in [0.29, 0.717) is 5.82 Å². The molecule has 1 aromatic heterocycles. The number of nitrogen functional groups attached to an aromatic ring is 1. The number of nitrogens with one attached hydrogen (secondary N) is 1. The third kappa shape index (κ3) is 4.04. The number of hydrogen-bond acceptors (Lipinski definition) is 7. The summed E-state index contributed by atoms with van der Waals surface area (Å²) in [5, 5.41) is 4.00. The summed E-state index contributed by atoms with van der Waals surface area (Å²) in [5.74, 6) is 1.31. The maximum absolute atomic E-state index is 6.23. The Bertz CT molecular complexity index is 767. The van der Waals surface area contributed by atoms with Crippen molar-refractivity contribution in [1.29, 1.82) is 0 Å². The zero-order chi connectivity index (χ0) is 18.7. The summed E-state index contributed by atoms with van der Waals surface area (Å²) in [7, 11) is 1.94. The van der Waals surface area contributed by atoms with Crippen molar-refractivity contribution in [1.82, 2.24) is 9.97 Å². The molecule has 5 N–H and O–H groups in total. The highest BCUT2D eigenvalue weighted by Gasteiger charge is 2.27. The van der Waals surface area contributed by atoms with Gasteiger partial charge >= 0.3 is 0 Å². The zero-order valence-electron chi connectivity index (χ0n) is 15.7. The molecule has 0 atom stereocenters. The molecular formula is C19H28N6S. The first-order valence-electron chi connectivity index (χ1n) is 9.07. The topological polar surface area (TPSA) is 93.1 Å². The van der Waals surface area contributed by atoms with Gasteiger partial charge in [0.05, 0.1) is 6.20 Å². The molecule has 0 radical (unpaired) electrons. The van der Waals surface area contributed by atoms with Crippen LogP contribution in [0.4, 0.5) is 17.3 Å². The first-order chi connectivity index (χ1) is 12.4. The van der Waals surface area contributed by atoms with E-state index >= 15 is 0 Å². The first-order valence-corrected chi connectivity index (χ1v) is 9.89. The molecule has 1 fully saturated rings. The number of benzene rings is 1. The molecule has 140 valence electrons. The smallest absolute Gasteiger partial charge is 0.158 e. The molecular weight excluding hydrogens is 344 g/mol. The van der Waals surface area contributed by atoms with Crippen LogP contribution in [-0.4, -0.2) is 35.6 Å². The average molecular weight is 373 g/mol. The minimum atomic E-state index is -0.0832. The van der Waals surface area contributed by atoms with Gasteiger partial charge in [-0.25, -0.2) is 9.97 Å². The molecule has 2 heterocycles. The summed E-state index contributed by atoms with van der Waals surface area (Å²) < 4.78 is 0. The van der Waals surface area contributed by atoms with Crippen molar-refractivity contribution >= 4 is 29.1 Å². The minimum Gasteiger partial charge on any atom is -0.388 e. The second-order valence-electron chi connectivity index (χ2n) is 7.05. The van der Waals surface area contributed by atoms with E-state index in [2.05, 4.69) is 46.2 Å². The molecule has 6 nitrogen and oxygen atoms in total. The van der Waals surface area contributed by atoms with Crippen LogP contribution in [0.5, 0.6) is 0 Å². The Balaban J connectivity index is 1.79. The number of aromatic nitrogens is 2. The number of rotatable bonds is 5. The van der Waals surface area contributed by atoms with Crippen molar-refractivity contribution in [3.05, 3.63) is 30.0 Å². The molecule has 1 aliphatic heterocycles. The van der Waals surface area contributed by atoms with Crippen LogP contribution in [0.3, 0.4) is 0 Å². The molecule has 0 amide bonds. The van der Waals surface area contributed by atoms with Gasteiger partial charge in [-0.1, -0.05) is 24.8 Å². The quantitative estimate of drug-likeness (QED) is 0.742. The lowest BCUT2D eigenvalue weighted by atomic mass is 9.91. The van der Waals surface area contributed by atoms with E-state index in [1.807, 2.05) is 19.3 Å². The average Bonchev–Trinajstić information content (AvgIpc) is 2.63. The van der Waals surface area contributed by atoms with Gasteiger partial charge in [-0.15, -0.1) is 0 Å². The summed E-state index contributed by atoms with van der Waals surface area (Å²) in [6, 6.07) is 6.23. The van der Waals surface area contributed by atoms with Crippen molar-refractivity contribution in [3.8, 4) is 0 Å². The second-order valence-corrected chi connectivity index (χ2v) is 8.08. The summed E-state index contributed by atoms with van der Waals surface area (Å²) in [5.41, 5.74) is 14.8. The predicted octanol–water partition coefficient (Wildman–Crippen LogP) is 3.13. The molecule has 0 bridgehead atoms. The third-order valence-corrected chi connectivity index (χ3v) is 6.05. The van der Waals surface area contributed by atoms with E-state index in [-0.39, 0.29) is 5.54 Å². The number of anilines is 3. The normalized spacial score (nSPS) is 16.5. The molecule has 1 saturated heterocycles. The van der Waals surface area contributed by atoms with Crippen molar-refractivity contribution < 1.29 is 0 Å². The van der Waals surface area contributed by atoms with Gasteiger partial charge in [-0.3, -0.25) is 0 Å². The fourth-order valence-electron chi connectivity index (χ4n) is 3.22. The van der Waals surface area contributed by atoms with Gasteiger partial charge in [0.15, 0.2) is 5.82 Å². The van der Waals surface area contributed by atoms with E-state index in [1.165, 1.54) is 5.56 Å². The van der Waals surface area contributed by atoms with Crippen molar-refractivity contribution in [3.63, 3.8) is 0 Å². The lowest BCUT2D eigenvalue weighted by molar-refractivity contribution is 0.363. The van der Waals surface area contributed by atoms with E-state index in [4.69, 9.17) is 11.5 Å². The van der Waals surface area contributed by atoms with Crippen molar-refractivity contribution in [2.75, 3.05) is 36.1 Å². The molecule has 26 heavy (non-hydrogen) atoms. The molecule has 0 saturated carbocycles. The fraction of sp³-hybridized carbons (Fsp3) is 0.474. The highest BCUT2D eigenvalue weighted by Crippen LogP contribution is 2.36. The summed E-state index contributed by atoms with van der Waals surface area (Å²) in [6.07, 6.45) is 4.66. The monoisotopic (exact) mass is 372 g/mol. The maximum Gasteiger partial charge on any atom is 0.158 e. The lowest BCUT2D eigenvalue weighted by Crippen LogP contribution is -2.48. The Kier molecular flexibility index (Phi) is 5.58. The fourth-order valence-corrected chi connectivity index (χ4v) is 4.21. The standard InChI is InChI=1S/C19H28N6S/c1-4-13-14(22-3)6-5-7-15(13)26-18-17(20)24-16(12-23-18)25-10-8-19(2,21)9-11-25/h5-7,12,22H,4,8-11,21H2,1-3H3,(H2,20,24). The number of piperidine rings is 1. The molecule has 0 spiro atoms. The summed E-state index contributed by atoms with van der Waals surface area (Å²) in [4.78, 5) is 12.6. The van der Waals surface area contributed by atoms with Gasteiger partial charge in [-0.2, -0.15) is 0 Å². The van der Waals surface area contributed by atoms with Gasteiger partial charge in [-0.05, 0) is 43.9 Å². The second kappa shape index (κ2) is 7.72. The van der Waals surface area contributed by atoms with Crippen LogP contribution in [0.2, 0.25) is 0 Å². The Labute approximate surface area is 159 Å². The Morgan fingerprint density at radius 3 is 2.65 bits per heavy atom. The highest BCUT2D eigenvalue weighted by atomic mass is 32.2. The summed E-state index contributed by atoms with van der Waals surface area (Å²) in [6.45, 7) is 6.03. The number of nitrogens with two attached hydrogens (primary N) is 2. The van der Waals surface area contributed by atoms with Crippen LogP contribution < -0.4 is 21.7 Å². The lowest BCUT2D eigenvalue weighted by Gasteiger charge is -2.37. The van der Waals surface area contributed by atoms with Crippen LogP contribution in [0, 0.1) is 0 Å². The van der Waals surface area contributed by atoms with E-state index in [1.54, 1.807) is 11.8 Å². The van der Waals surface area contributed by atoms with Crippen LogP contribution in [-0.2, 0) is 6.42 Å². The SMILES string of the molecule is CCc1c(NC)cccc1Sc1ncc(N2CCC(C)(N)CC2)nc1N. The van der Waals surface area contributed by atoms with Gasteiger partial charge in [0.1, 0.15) is 10.8 Å². The van der Waals surface area contributed by atoms with Gasteiger partial charge < -0.3 is 21.7 Å². The molecule has 0 aliphatic carbocycles. The van der Waals surface area contributed by atoms with Crippen LogP contribution >= 0.6 is 11.8 Å². The van der Waals surface area contributed by atoms with Crippen LogP contribution in [0.25, 0.3) is 0 Å². The van der Waals surface area contributed by atoms with Crippen molar-refractivity contribution in [2.24, 2.45) is 5.73 Å². The Morgan fingerprint density at radius 2 is 2.04 bits per heavy atom. The van der Waals surface area contributed by atoms with Gasteiger partial charge in [0.2, 0.25) is 0 Å². The largest absolute Gasteiger partial charge is 0.388 e. The van der Waals surface area contributed by atoms with E-state index in [9.17, 15) is 0 Å². The van der Waals surface area contributed by atoms with Gasteiger partial charge in [0.25, 0.3) is 0 Å².